The molecule has 170 valence electrons. The second-order valence-corrected chi connectivity index (χ2v) is 8.23. The van der Waals surface area contributed by atoms with Gasteiger partial charge in [-0.05, 0) is 44.0 Å². The molecule has 1 aromatic heterocycles. The van der Waals surface area contributed by atoms with Gasteiger partial charge in [0, 0.05) is 44.0 Å². The van der Waals surface area contributed by atoms with E-state index in [9.17, 15) is 14.0 Å². The van der Waals surface area contributed by atoms with Gasteiger partial charge < -0.3 is 15.0 Å². The first-order valence-electron chi connectivity index (χ1n) is 11.0. The first kappa shape index (κ1) is 22.3. The highest BCUT2D eigenvalue weighted by atomic mass is 19.1. The van der Waals surface area contributed by atoms with E-state index in [1.54, 1.807) is 13.1 Å². The fourth-order valence-corrected chi connectivity index (χ4v) is 4.07. The molecule has 2 aromatic rings. The van der Waals surface area contributed by atoms with Gasteiger partial charge in [-0.1, -0.05) is 0 Å². The maximum Gasteiger partial charge on any atom is 0.259 e. The third-order valence-electron chi connectivity index (χ3n) is 6.02. The maximum absolute atomic E-state index is 13.0. The van der Waals surface area contributed by atoms with Crippen LogP contribution < -0.4 is 5.32 Å². The van der Waals surface area contributed by atoms with E-state index in [0.29, 0.717) is 55.6 Å². The second kappa shape index (κ2) is 10.1. The average Bonchev–Trinajstić information content (AvgIpc) is 2.81. The van der Waals surface area contributed by atoms with Gasteiger partial charge in [-0.2, -0.15) is 0 Å². The number of carbonyl (C=O) groups is 2. The number of hydrogen-bond acceptors (Lipinski definition) is 6. The molecule has 1 aromatic carbocycles. The van der Waals surface area contributed by atoms with Gasteiger partial charge >= 0.3 is 0 Å². The Balaban J connectivity index is 1.32. The lowest BCUT2D eigenvalue weighted by molar-refractivity contribution is -0.134. The van der Waals surface area contributed by atoms with Gasteiger partial charge in [-0.3, -0.25) is 14.5 Å². The number of nitrogens with zero attached hydrogens (tertiary/aromatic N) is 4. The van der Waals surface area contributed by atoms with E-state index in [-0.39, 0.29) is 23.5 Å². The lowest BCUT2D eigenvalue weighted by atomic mass is 9.95. The molecule has 0 spiro atoms. The van der Waals surface area contributed by atoms with Crippen LogP contribution in [-0.2, 0) is 9.53 Å². The molecule has 0 unspecified atom stereocenters. The van der Waals surface area contributed by atoms with Crippen LogP contribution in [0.2, 0.25) is 0 Å². The van der Waals surface area contributed by atoms with Gasteiger partial charge in [-0.15, -0.1) is 0 Å². The Kier molecular flexibility index (Phi) is 7.06. The smallest absolute Gasteiger partial charge is 0.259 e. The second-order valence-electron chi connectivity index (χ2n) is 8.23. The largest absolute Gasteiger partial charge is 0.379 e. The van der Waals surface area contributed by atoms with Crippen LogP contribution in [0.1, 0.15) is 40.6 Å². The average molecular weight is 442 g/mol. The molecule has 32 heavy (non-hydrogen) atoms. The minimum absolute atomic E-state index is 0.162. The normalized spacial score (nSPS) is 17.9. The van der Waals surface area contributed by atoms with Crippen LogP contribution in [0, 0.1) is 12.7 Å². The number of nitrogens with one attached hydrogen (secondary N) is 1. The molecule has 8 nitrogen and oxygen atoms in total. The summed E-state index contributed by atoms with van der Waals surface area (Å²) in [6, 6.07) is 5.60. The molecule has 0 atom stereocenters. The number of aromatic nitrogens is 2. The minimum atomic E-state index is -0.360. The Labute approximate surface area is 186 Å². The molecule has 3 heterocycles. The van der Waals surface area contributed by atoms with Crippen molar-refractivity contribution in [2.75, 3.05) is 51.3 Å². The molecule has 4 rings (SSSR count). The van der Waals surface area contributed by atoms with Crippen LogP contribution in [0.4, 0.5) is 10.1 Å². The topological polar surface area (TPSA) is 87.7 Å². The van der Waals surface area contributed by atoms with Crippen molar-refractivity contribution >= 4 is 17.5 Å². The highest BCUT2D eigenvalue weighted by Gasteiger charge is 2.27. The highest BCUT2D eigenvalue weighted by molar-refractivity contribution is 6.04. The number of aryl methyl sites for hydroxylation is 1. The molecular formula is C23H28FN5O3. The van der Waals surface area contributed by atoms with Gasteiger partial charge in [0.05, 0.1) is 31.0 Å². The van der Waals surface area contributed by atoms with E-state index < -0.39 is 0 Å². The van der Waals surface area contributed by atoms with Crippen molar-refractivity contribution in [1.29, 1.82) is 0 Å². The van der Waals surface area contributed by atoms with Crippen molar-refractivity contribution in [3.63, 3.8) is 0 Å². The van der Waals surface area contributed by atoms with E-state index in [1.807, 2.05) is 4.90 Å². The summed E-state index contributed by atoms with van der Waals surface area (Å²) in [5, 5.41) is 2.74. The molecule has 2 amide bonds. The highest BCUT2D eigenvalue weighted by Crippen LogP contribution is 2.26. The molecule has 9 heteroatoms. The molecular weight excluding hydrogens is 413 g/mol. The van der Waals surface area contributed by atoms with Crippen molar-refractivity contribution in [2.24, 2.45) is 0 Å². The zero-order valence-corrected chi connectivity index (χ0v) is 18.2. The molecule has 2 aliphatic heterocycles. The van der Waals surface area contributed by atoms with Crippen LogP contribution in [0.3, 0.4) is 0 Å². The number of anilines is 1. The van der Waals surface area contributed by atoms with Crippen LogP contribution in [-0.4, -0.2) is 77.5 Å². The monoisotopic (exact) mass is 441 g/mol. The molecule has 0 saturated carbocycles. The summed E-state index contributed by atoms with van der Waals surface area (Å²) in [4.78, 5) is 38.2. The first-order valence-corrected chi connectivity index (χ1v) is 11.0. The zero-order chi connectivity index (χ0) is 22.5. The third-order valence-corrected chi connectivity index (χ3v) is 6.02. The minimum Gasteiger partial charge on any atom is -0.379 e. The van der Waals surface area contributed by atoms with Crippen molar-refractivity contribution in [2.45, 2.75) is 25.7 Å². The molecule has 2 saturated heterocycles. The SMILES string of the molecule is Cc1nc(C2CCN(C(=O)CN3CCOCC3)CC2)ncc1C(=O)Nc1ccc(F)cc1. The Morgan fingerprint density at radius 3 is 2.47 bits per heavy atom. The van der Waals surface area contributed by atoms with Gasteiger partial charge in [0.15, 0.2) is 0 Å². The van der Waals surface area contributed by atoms with E-state index in [1.165, 1.54) is 24.3 Å². The summed E-state index contributed by atoms with van der Waals surface area (Å²) in [7, 11) is 0. The van der Waals surface area contributed by atoms with Crippen molar-refractivity contribution in [3.05, 3.63) is 53.4 Å². The molecule has 0 aliphatic carbocycles. The number of rotatable bonds is 5. The summed E-state index contributed by atoms with van der Waals surface area (Å²) < 4.78 is 18.4. The summed E-state index contributed by atoms with van der Waals surface area (Å²) in [5.41, 5.74) is 1.49. The number of likely N-dealkylation sites (tertiary alicyclic amines) is 1. The molecule has 0 bridgehead atoms. The van der Waals surface area contributed by atoms with Crippen LogP contribution in [0.25, 0.3) is 0 Å². The van der Waals surface area contributed by atoms with Crippen LogP contribution in [0.15, 0.2) is 30.5 Å². The Morgan fingerprint density at radius 1 is 1.12 bits per heavy atom. The molecule has 2 aliphatic rings. The summed E-state index contributed by atoms with van der Waals surface area (Å²) in [6.07, 6.45) is 3.15. The standard InChI is InChI=1S/C23H28FN5O3/c1-16-20(23(31)27-19-4-2-18(24)3-5-19)14-25-22(26-16)17-6-8-29(9-7-17)21(30)15-28-10-12-32-13-11-28/h2-5,14,17H,6-13,15H2,1H3,(H,27,31). The lowest BCUT2D eigenvalue weighted by Crippen LogP contribution is -2.46. The van der Waals surface area contributed by atoms with E-state index in [2.05, 4.69) is 20.2 Å². The number of carbonyl (C=O) groups excluding carboxylic acids is 2. The summed E-state index contributed by atoms with van der Waals surface area (Å²) in [5.74, 6) is 0.344. The third kappa shape index (κ3) is 5.46. The number of benzene rings is 1. The lowest BCUT2D eigenvalue weighted by Gasteiger charge is -2.34. The maximum atomic E-state index is 13.0. The summed E-state index contributed by atoms with van der Waals surface area (Å²) in [6.45, 7) is 6.57. The van der Waals surface area contributed by atoms with Crippen molar-refractivity contribution in [3.8, 4) is 0 Å². The summed E-state index contributed by atoms with van der Waals surface area (Å²) >= 11 is 0. The van der Waals surface area contributed by atoms with Gasteiger partial charge in [0.25, 0.3) is 5.91 Å². The van der Waals surface area contributed by atoms with Gasteiger partial charge in [0.2, 0.25) is 5.91 Å². The molecule has 0 radical (unpaired) electrons. The molecule has 1 N–H and O–H groups in total. The Bertz CT molecular complexity index is 955. The number of halogens is 1. The predicted octanol–water partition coefficient (Wildman–Crippen LogP) is 2.21. The number of hydrogen-bond donors (Lipinski definition) is 1. The Morgan fingerprint density at radius 2 is 1.81 bits per heavy atom. The number of morpholine rings is 1. The van der Waals surface area contributed by atoms with Crippen LogP contribution in [0.5, 0.6) is 0 Å². The zero-order valence-electron chi connectivity index (χ0n) is 18.2. The predicted molar refractivity (Wildman–Crippen MR) is 117 cm³/mol. The van der Waals surface area contributed by atoms with Crippen LogP contribution >= 0.6 is 0 Å². The van der Waals surface area contributed by atoms with E-state index >= 15 is 0 Å². The van der Waals surface area contributed by atoms with E-state index in [4.69, 9.17) is 4.74 Å². The van der Waals surface area contributed by atoms with Crippen molar-refractivity contribution in [1.82, 2.24) is 19.8 Å². The number of amides is 2. The fraction of sp³-hybridized carbons (Fsp3) is 0.478. The quantitative estimate of drug-likeness (QED) is 0.766. The van der Waals surface area contributed by atoms with Gasteiger partial charge in [0.1, 0.15) is 11.6 Å². The molecule has 2 fully saturated rings. The first-order chi connectivity index (χ1) is 15.5. The van der Waals surface area contributed by atoms with Crippen molar-refractivity contribution < 1.29 is 18.7 Å². The fourth-order valence-electron chi connectivity index (χ4n) is 4.07. The van der Waals surface area contributed by atoms with Gasteiger partial charge in [-0.25, -0.2) is 14.4 Å². The Hall–Kier alpha value is -2.91. The number of piperidine rings is 1. The van der Waals surface area contributed by atoms with E-state index in [0.717, 1.165) is 25.9 Å². The number of ether oxygens (including phenoxy) is 1.